The van der Waals surface area contributed by atoms with Crippen LogP contribution in [-0.2, 0) is 4.79 Å². The summed E-state index contributed by atoms with van der Waals surface area (Å²) in [5, 5.41) is 0. The molecule has 0 fully saturated rings. The summed E-state index contributed by atoms with van der Waals surface area (Å²) in [6, 6.07) is 23.3. The number of hydrogen-bond donors (Lipinski definition) is 0. The molecule has 3 aromatic rings. The molecule has 0 unspecified atom stereocenters. The van der Waals surface area contributed by atoms with Crippen molar-refractivity contribution < 1.29 is 14.3 Å². The standard InChI is InChI=1S/C25H20O3/c1-27-19-11-7-17(8-12-19)15-23-21-5-3-4-6-22(21)24(25(23)26)16-18-9-13-20(28-2)14-10-18/h3-16H,1-2H3/b23-15+,24-16+. The van der Waals surface area contributed by atoms with Crippen LogP contribution in [0.4, 0.5) is 0 Å². The maximum atomic E-state index is 13.2. The number of carbonyl (C=O) groups excluding carboxylic acids is 1. The van der Waals surface area contributed by atoms with Gasteiger partial charge in [0, 0.05) is 11.1 Å². The number of rotatable bonds is 4. The number of benzene rings is 3. The number of allylic oxidation sites excluding steroid dienone is 2. The fraction of sp³-hybridized carbons (Fsp3) is 0.0800. The summed E-state index contributed by atoms with van der Waals surface area (Å²) in [4.78, 5) is 13.2. The Morgan fingerprint density at radius 3 is 1.36 bits per heavy atom. The lowest BCUT2D eigenvalue weighted by atomic mass is 10.0. The molecular weight excluding hydrogens is 348 g/mol. The summed E-state index contributed by atoms with van der Waals surface area (Å²) in [5.74, 6) is 1.62. The lowest BCUT2D eigenvalue weighted by Crippen LogP contribution is -1.94. The summed E-state index contributed by atoms with van der Waals surface area (Å²) < 4.78 is 10.4. The van der Waals surface area contributed by atoms with Crippen LogP contribution in [0, 0.1) is 0 Å². The topological polar surface area (TPSA) is 35.5 Å². The lowest BCUT2D eigenvalue weighted by Gasteiger charge is -2.02. The van der Waals surface area contributed by atoms with Crippen molar-refractivity contribution in [3.05, 3.63) is 95.1 Å². The van der Waals surface area contributed by atoms with E-state index in [0.29, 0.717) is 11.1 Å². The number of ketones is 1. The second-order valence-electron chi connectivity index (χ2n) is 6.54. The monoisotopic (exact) mass is 368 g/mol. The van der Waals surface area contributed by atoms with E-state index < -0.39 is 0 Å². The lowest BCUT2D eigenvalue weighted by molar-refractivity contribution is -0.108. The molecule has 3 nitrogen and oxygen atoms in total. The van der Waals surface area contributed by atoms with E-state index in [1.165, 1.54) is 0 Å². The van der Waals surface area contributed by atoms with Gasteiger partial charge in [-0.15, -0.1) is 0 Å². The van der Waals surface area contributed by atoms with Gasteiger partial charge in [-0.2, -0.15) is 0 Å². The number of ether oxygens (including phenoxy) is 2. The number of carbonyl (C=O) groups is 1. The van der Waals surface area contributed by atoms with E-state index in [1.54, 1.807) is 14.2 Å². The summed E-state index contributed by atoms with van der Waals surface area (Å²) in [7, 11) is 3.28. The van der Waals surface area contributed by atoms with E-state index in [0.717, 1.165) is 33.8 Å². The molecule has 4 rings (SSSR count). The zero-order valence-electron chi connectivity index (χ0n) is 15.8. The Morgan fingerprint density at radius 1 is 0.607 bits per heavy atom. The van der Waals surface area contributed by atoms with Crippen molar-refractivity contribution in [2.75, 3.05) is 14.2 Å². The fourth-order valence-electron chi connectivity index (χ4n) is 3.36. The molecule has 0 atom stereocenters. The molecule has 0 spiro atoms. The normalized spacial score (nSPS) is 15.7. The third kappa shape index (κ3) is 3.35. The summed E-state index contributed by atoms with van der Waals surface area (Å²) in [5.41, 5.74) is 5.27. The molecule has 0 saturated heterocycles. The van der Waals surface area contributed by atoms with Gasteiger partial charge in [-0.1, -0.05) is 48.5 Å². The highest BCUT2D eigenvalue weighted by atomic mass is 16.5. The van der Waals surface area contributed by atoms with Gasteiger partial charge in [-0.3, -0.25) is 4.79 Å². The SMILES string of the molecule is COc1ccc(/C=C2/C(=O)/C(=C/c3ccc(OC)cc3)c3ccccc32)cc1. The Balaban J connectivity index is 1.76. The molecule has 1 aliphatic carbocycles. The number of hydrogen-bond acceptors (Lipinski definition) is 3. The third-order valence-electron chi connectivity index (χ3n) is 4.85. The molecule has 3 heteroatoms. The highest BCUT2D eigenvalue weighted by Crippen LogP contribution is 2.39. The van der Waals surface area contributed by atoms with Crippen LogP contribution in [0.5, 0.6) is 11.5 Å². The number of methoxy groups -OCH3 is 2. The average Bonchev–Trinajstić information content (AvgIpc) is 3.01. The van der Waals surface area contributed by atoms with Crippen molar-refractivity contribution in [2.24, 2.45) is 0 Å². The van der Waals surface area contributed by atoms with Gasteiger partial charge in [-0.25, -0.2) is 0 Å². The van der Waals surface area contributed by atoms with E-state index in [4.69, 9.17) is 9.47 Å². The maximum absolute atomic E-state index is 13.2. The van der Waals surface area contributed by atoms with E-state index in [2.05, 4.69) is 0 Å². The molecule has 0 saturated carbocycles. The Morgan fingerprint density at radius 2 is 1.00 bits per heavy atom. The van der Waals surface area contributed by atoms with Crippen LogP contribution in [0.1, 0.15) is 22.3 Å². The first kappa shape index (κ1) is 17.8. The first-order chi connectivity index (χ1) is 13.7. The molecule has 0 bridgehead atoms. The molecule has 138 valence electrons. The summed E-state index contributed by atoms with van der Waals surface area (Å²) >= 11 is 0. The van der Waals surface area contributed by atoms with Gasteiger partial charge in [-0.05, 0) is 58.7 Å². The van der Waals surface area contributed by atoms with Crippen molar-refractivity contribution in [1.82, 2.24) is 0 Å². The van der Waals surface area contributed by atoms with Crippen LogP contribution in [0.15, 0.2) is 72.8 Å². The van der Waals surface area contributed by atoms with Gasteiger partial charge < -0.3 is 9.47 Å². The molecule has 28 heavy (non-hydrogen) atoms. The van der Waals surface area contributed by atoms with Crippen LogP contribution in [-0.4, -0.2) is 20.0 Å². The van der Waals surface area contributed by atoms with Crippen molar-refractivity contribution in [3.63, 3.8) is 0 Å². The fourth-order valence-corrected chi connectivity index (χ4v) is 3.36. The van der Waals surface area contributed by atoms with E-state index in [-0.39, 0.29) is 5.78 Å². The number of Topliss-reactive ketones (excluding diaryl/α,β-unsaturated/α-hetero) is 1. The van der Waals surface area contributed by atoms with Crippen LogP contribution in [0.25, 0.3) is 23.3 Å². The first-order valence-corrected chi connectivity index (χ1v) is 9.05. The van der Waals surface area contributed by atoms with Crippen molar-refractivity contribution in [1.29, 1.82) is 0 Å². The van der Waals surface area contributed by atoms with E-state index in [1.807, 2.05) is 84.9 Å². The van der Waals surface area contributed by atoms with Crippen molar-refractivity contribution in [3.8, 4) is 11.5 Å². The van der Waals surface area contributed by atoms with Gasteiger partial charge in [0.05, 0.1) is 14.2 Å². The Hall–Kier alpha value is -3.59. The largest absolute Gasteiger partial charge is 0.497 e. The van der Waals surface area contributed by atoms with Crippen LogP contribution in [0.3, 0.4) is 0 Å². The molecule has 0 aromatic heterocycles. The minimum absolute atomic E-state index is 0.0350. The predicted octanol–water partition coefficient (Wildman–Crippen LogP) is 5.37. The van der Waals surface area contributed by atoms with Crippen LogP contribution < -0.4 is 9.47 Å². The van der Waals surface area contributed by atoms with Crippen LogP contribution >= 0.6 is 0 Å². The second kappa shape index (κ2) is 7.57. The van der Waals surface area contributed by atoms with E-state index in [9.17, 15) is 4.79 Å². The predicted molar refractivity (Wildman–Crippen MR) is 113 cm³/mol. The Bertz CT molecular complexity index is 985. The number of fused-ring (bicyclic) bond motifs is 1. The summed E-state index contributed by atoms with van der Waals surface area (Å²) in [6.45, 7) is 0. The van der Waals surface area contributed by atoms with E-state index >= 15 is 0 Å². The molecule has 1 aliphatic rings. The molecular formula is C25H20O3. The molecule has 0 aliphatic heterocycles. The van der Waals surface area contributed by atoms with Gasteiger partial charge in [0.15, 0.2) is 5.78 Å². The van der Waals surface area contributed by atoms with Gasteiger partial charge in [0.25, 0.3) is 0 Å². The van der Waals surface area contributed by atoms with Gasteiger partial charge >= 0.3 is 0 Å². The highest BCUT2D eigenvalue weighted by Gasteiger charge is 2.29. The molecule has 0 heterocycles. The van der Waals surface area contributed by atoms with Crippen LogP contribution in [0.2, 0.25) is 0 Å². The quantitative estimate of drug-likeness (QED) is 0.581. The second-order valence-corrected chi connectivity index (χ2v) is 6.54. The molecule has 0 amide bonds. The molecule has 0 radical (unpaired) electrons. The van der Waals surface area contributed by atoms with Crippen molar-refractivity contribution in [2.45, 2.75) is 0 Å². The minimum atomic E-state index is 0.0350. The Labute approximate surface area is 164 Å². The third-order valence-corrected chi connectivity index (χ3v) is 4.85. The maximum Gasteiger partial charge on any atom is 0.194 e. The molecule has 3 aromatic carbocycles. The summed E-state index contributed by atoms with van der Waals surface area (Å²) in [6.07, 6.45) is 3.88. The first-order valence-electron chi connectivity index (χ1n) is 9.05. The van der Waals surface area contributed by atoms with Gasteiger partial charge in [0.1, 0.15) is 11.5 Å². The smallest absolute Gasteiger partial charge is 0.194 e. The molecule has 0 N–H and O–H groups in total. The Kier molecular flexibility index (Phi) is 4.81. The van der Waals surface area contributed by atoms with Gasteiger partial charge in [0.2, 0.25) is 0 Å². The average molecular weight is 368 g/mol. The zero-order valence-corrected chi connectivity index (χ0v) is 15.8. The minimum Gasteiger partial charge on any atom is -0.497 e. The highest BCUT2D eigenvalue weighted by molar-refractivity contribution is 6.51. The zero-order chi connectivity index (χ0) is 19.5. The van der Waals surface area contributed by atoms with Crippen molar-refractivity contribution >= 4 is 29.1 Å².